The van der Waals surface area contributed by atoms with Crippen molar-refractivity contribution in [3.8, 4) is 23.1 Å². The highest BCUT2D eigenvalue weighted by atomic mass is 16.7. The van der Waals surface area contributed by atoms with Crippen LogP contribution in [0.5, 0.6) is 23.1 Å². The number of aromatic nitrogens is 1. The summed E-state index contributed by atoms with van der Waals surface area (Å²) >= 11 is 0. The monoisotopic (exact) mass is 387 g/mol. The molecule has 0 fully saturated rings. The van der Waals surface area contributed by atoms with E-state index in [2.05, 4.69) is 22.5 Å². The van der Waals surface area contributed by atoms with Crippen LogP contribution >= 0.6 is 0 Å². The summed E-state index contributed by atoms with van der Waals surface area (Å²) in [6.45, 7) is 3.99. The molecule has 0 bridgehead atoms. The number of unbranched alkanes of at least 4 members (excludes halogenated alkanes) is 1. The van der Waals surface area contributed by atoms with Gasteiger partial charge in [0, 0.05) is 24.4 Å². The predicted octanol–water partition coefficient (Wildman–Crippen LogP) is 2.87. The smallest absolute Gasteiger partial charge is 0.315 e. The van der Waals surface area contributed by atoms with E-state index in [4.69, 9.17) is 18.9 Å². The van der Waals surface area contributed by atoms with E-state index in [9.17, 15) is 4.79 Å². The van der Waals surface area contributed by atoms with Crippen molar-refractivity contribution in [1.29, 1.82) is 0 Å². The highest BCUT2D eigenvalue weighted by Crippen LogP contribution is 2.34. The number of nitrogens with one attached hydrogen (secondary N) is 2. The Hall–Kier alpha value is -3.16. The summed E-state index contributed by atoms with van der Waals surface area (Å²) < 4.78 is 21.8. The Morgan fingerprint density at radius 3 is 2.93 bits per heavy atom. The first-order chi connectivity index (χ1) is 13.8. The zero-order chi connectivity index (χ0) is 19.6. The SMILES string of the molecule is CCCCOc1ncccc1CNC(=O)NCCOc1ccc2c(c1)OCO2. The number of carbonyl (C=O) groups excluding carboxylic acids is 1. The zero-order valence-corrected chi connectivity index (χ0v) is 15.9. The molecule has 1 aliphatic rings. The van der Waals surface area contributed by atoms with Gasteiger partial charge in [-0.25, -0.2) is 9.78 Å². The van der Waals surface area contributed by atoms with Gasteiger partial charge in [0.1, 0.15) is 12.4 Å². The second-order valence-electron chi connectivity index (χ2n) is 6.14. The number of nitrogens with zero attached hydrogens (tertiary/aromatic N) is 1. The van der Waals surface area contributed by atoms with Crippen LogP contribution in [-0.4, -0.2) is 37.6 Å². The minimum absolute atomic E-state index is 0.225. The van der Waals surface area contributed by atoms with Crippen LogP contribution in [0, 0.1) is 0 Å². The van der Waals surface area contributed by atoms with Crippen LogP contribution in [0.15, 0.2) is 36.5 Å². The van der Waals surface area contributed by atoms with Crippen molar-refractivity contribution in [3.63, 3.8) is 0 Å². The van der Waals surface area contributed by atoms with Crippen molar-refractivity contribution in [2.45, 2.75) is 26.3 Å². The van der Waals surface area contributed by atoms with Crippen LogP contribution in [0.4, 0.5) is 4.79 Å². The summed E-state index contributed by atoms with van der Waals surface area (Å²) in [4.78, 5) is 16.2. The average molecular weight is 387 g/mol. The maximum atomic E-state index is 12.0. The third kappa shape index (κ3) is 5.67. The van der Waals surface area contributed by atoms with Gasteiger partial charge in [-0.15, -0.1) is 0 Å². The van der Waals surface area contributed by atoms with Crippen LogP contribution in [0.2, 0.25) is 0 Å². The predicted molar refractivity (Wildman–Crippen MR) is 103 cm³/mol. The van der Waals surface area contributed by atoms with Gasteiger partial charge in [0.25, 0.3) is 0 Å². The topological polar surface area (TPSA) is 90.9 Å². The molecule has 0 saturated heterocycles. The second kappa shape index (κ2) is 10.2. The van der Waals surface area contributed by atoms with E-state index < -0.39 is 0 Å². The van der Waals surface area contributed by atoms with Crippen molar-refractivity contribution in [2.24, 2.45) is 0 Å². The van der Waals surface area contributed by atoms with Gasteiger partial charge in [-0.2, -0.15) is 0 Å². The molecule has 150 valence electrons. The number of ether oxygens (including phenoxy) is 4. The lowest BCUT2D eigenvalue weighted by atomic mass is 10.2. The molecule has 2 amide bonds. The molecule has 1 aromatic heterocycles. The van der Waals surface area contributed by atoms with Crippen LogP contribution < -0.4 is 29.6 Å². The Labute approximate surface area is 164 Å². The van der Waals surface area contributed by atoms with E-state index in [1.807, 2.05) is 12.1 Å². The number of amides is 2. The van der Waals surface area contributed by atoms with Gasteiger partial charge in [0.15, 0.2) is 11.5 Å². The molecule has 2 N–H and O–H groups in total. The molecule has 28 heavy (non-hydrogen) atoms. The second-order valence-corrected chi connectivity index (χ2v) is 6.14. The van der Waals surface area contributed by atoms with Gasteiger partial charge in [0.05, 0.1) is 13.2 Å². The molecule has 0 atom stereocenters. The number of benzene rings is 1. The van der Waals surface area contributed by atoms with Crippen molar-refractivity contribution in [1.82, 2.24) is 15.6 Å². The highest BCUT2D eigenvalue weighted by Gasteiger charge is 2.13. The number of fused-ring (bicyclic) bond motifs is 1. The molecule has 2 heterocycles. The molecule has 0 aliphatic carbocycles. The molecule has 0 saturated carbocycles. The zero-order valence-electron chi connectivity index (χ0n) is 15.9. The van der Waals surface area contributed by atoms with Gasteiger partial charge in [-0.1, -0.05) is 19.4 Å². The van der Waals surface area contributed by atoms with Crippen LogP contribution in [0.1, 0.15) is 25.3 Å². The molecule has 2 aromatic rings. The lowest BCUT2D eigenvalue weighted by molar-refractivity contribution is 0.173. The third-order valence-corrected chi connectivity index (χ3v) is 4.03. The lowest BCUT2D eigenvalue weighted by Crippen LogP contribution is -2.37. The number of rotatable bonds is 10. The molecule has 1 aliphatic heterocycles. The van der Waals surface area contributed by atoms with E-state index in [1.54, 1.807) is 24.4 Å². The van der Waals surface area contributed by atoms with Crippen LogP contribution in [-0.2, 0) is 6.54 Å². The summed E-state index contributed by atoms with van der Waals surface area (Å²) in [6.07, 6.45) is 3.70. The molecule has 8 heteroatoms. The molecule has 0 spiro atoms. The molecule has 3 rings (SSSR count). The minimum Gasteiger partial charge on any atom is -0.492 e. The van der Waals surface area contributed by atoms with E-state index in [1.165, 1.54) is 0 Å². The fraction of sp³-hybridized carbons (Fsp3) is 0.400. The Bertz CT molecular complexity index is 784. The Kier molecular flexibility index (Phi) is 7.17. The maximum absolute atomic E-state index is 12.0. The summed E-state index contributed by atoms with van der Waals surface area (Å²) in [5.74, 6) is 2.59. The van der Waals surface area contributed by atoms with E-state index in [0.717, 1.165) is 18.4 Å². The van der Waals surface area contributed by atoms with Crippen molar-refractivity contribution >= 4 is 6.03 Å². The van der Waals surface area contributed by atoms with Crippen molar-refractivity contribution in [3.05, 3.63) is 42.1 Å². The van der Waals surface area contributed by atoms with Gasteiger partial charge < -0.3 is 29.6 Å². The molecule has 1 aromatic carbocycles. The molecular formula is C20H25N3O5. The van der Waals surface area contributed by atoms with Crippen LogP contribution in [0.25, 0.3) is 0 Å². The number of hydrogen-bond acceptors (Lipinski definition) is 6. The summed E-state index contributed by atoms with van der Waals surface area (Å²) in [5.41, 5.74) is 0.838. The van der Waals surface area contributed by atoms with Gasteiger partial charge in [-0.3, -0.25) is 0 Å². The number of carbonyl (C=O) groups is 1. The quantitative estimate of drug-likeness (QED) is 0.609. The number of urea groups is 1. The molecule has 0 radical (unpaired) electrons. The number of hydrogen-bond donors (Lipinski definition) is 2. The first kappa shape index (κ1) is 19.6. The van der Waals surface area contributed by atoms with E-state index >= 15 is 0 Å². The maximum Gasteiger partial charge on any atom is 0.315 e. The van der Waals surface area contributed by atoms with Gasteiger partial charge >= 0.3 is 6.03 Å². The standard InChI is InChI=1S/C20H25N3O5/c1-2-3-10-26-19-15(5-4-8-21-19)13-23-20(24)22-9-11-25-16-6-7-17-18(12-16)28-14-27-17/h4-8,12H,2-3,9-11,13-14H2,1H3,(H2,22,23,24). The third-order valence-electron chi connectivity index (χ3n) is 4.03. The molecular weight excluding hydrogens is 362 g/mol. The highest BCUT2D eigenvalue weighted by molar-refractivity contribution is 5.73. The Morgan fingerprint density at radius 1 is 1.14 bits per heavy atom. The molecule has 8 nitrogen and oxygen atoms in total. The normalized spacial score (nSPS) is 11.8. The van der Waals surface area contributed by atoms with Gasteiger partial charge in [-0.05, 0) is 24.6 Å². The summed E-state index contributed by atoms with van der Waals surface area (Å²) in [6, 6.07) is 8.79. The van der Waals surface area contributed by atoms with Gasteiger partial charge in [0.2, 0.25) is 12.7 Å². The van der Waals surface area contributed by atoms with Crippen molar-refractivity contribution < 1.29 is 23.7 Å². The summed E-state index contributed by atoms with van der Waals surface area (Å²) in [5, 5.41) is 5.56. The summed E-state index contributed by atoms with van der Waals surface area (Å²) in [7, 11) is 0. The fourth-order valence-electron chi connectivity index (χ4n) is 2.54. The minimum atomic E-state index is -0.280. The lowest BCUT2D eigenvalue weighted by Gasteiger charge is -2.12. The van der Waals surface area contributed by atoms with E-state index in [-0.39, 0.29) is 12.8 Å². The number of pyridine rings is 1. The Balaban J connectivity index is 1.36. The van der Waals surface area contributed by atoms with E-state index in [0.29, 0.717) is 49.4 Å². The van der Waals surface area contributed by atoms with Crippen molar-refractivity contribution in [2.75, 3.05) is 26.6 Å². The first-order valence-corrected chi connectivity index (χ1v) is 9.37. The Morgan fingerprint density at radius 2 is 2.04 bits per heavy atom. The van der Waals surface area contributed by atoms with Crippen LogP contribution in [0.3, 0.4) is 0 Å². The first-order valence-electron chi connectivity index (χ1n) is 9.37. The largest absolute Gasteiger partial charge is 0.492 e. The molecule has 0 unspecified atom stereocenters. The average Bonchev–Trinajstić information content (AvgIpc) is 3.18. The fourth-order valence-corrected chi connectivity index (χ4v) is 2.54.